The van der Waals surface area contributed by atoms with E-state index >= 15 is 0 Å². The van der Waals surface area contributed by atoms with Crippen molar-refractivity contribution < 1.29 is 14.3 Å². The maximum absolute atomic E-state index is 11.6. The van der Waals surface area contributed by atoms with E-state index in [2.05, 4.69) is 34.9 Å². The molecule has 22 heavy (non-hydrogen) atoms. The average Bonchev–Trinajstić information content (AvgIpc) is 2.43. The van der Waals surface area contributed by atoms with Crippen molar-refractivity contribution in [3.63, 3.8) is 0 Å². The molecule has 0 fully saturated rings. The van der Waals surface area contributed by atoms with E-state index in [1.54, 1.807) is 7.11 Å². The zero-order valence-electron chi connectivity index (χ0n) is 14.2. The van der Waals surface area contributed by atoms with E-state index in [9.17, 15) is 4.79 Å². The van der Waals surface area contributed by atoms with Gasteiger partial charge in [-0.3, -0.25) is 0 Å². The summed E-state index contributed by atoms with van der Waals surface area (Å²) >= 11 is 0. The molecule has 1 aromatic carbocycles. The van der Waals surface area contributed by atoms with Crippen molar-refractivity contribution in [1.29, 1.82) is 0 Å². The van der Waals surface area contributed by atoms with Crippen LogP contribution in [0.1, 0.15) is 38.8 Å². The smallest absolute Gasteiger partial charge is 0.407 e. The molecule has 0 spiro atoms. The maximum Gasteiger partial charge on any atom is 0.407 e. The fourth-order valence-electron chi connectivity index (χ4n) is 1.83. The van der Waals surface area contributed by atoms with Crippen LogP contribution in [0.3, 0.4) is 0 Å². The molecular weight excluding hydrogens is 280 g/mol. The molecule has 5 nitrogen and oxygen atoms in total. The van der Waals surface area contributed by atoms with Gasteiger partial charge in [-0.25, -0.2) is 4.79 Å². The molecule has 5 heteroatoms. The molecule has 1 atom stereocenters. The molecule has 0 saturated carbocycles. The SMILES string of the molecule is COCc1ccc(CNC(C)CNC(=O)OC(C)(C)C)cc1. The van der Waals surface area contributed by atoms with E-state index in [0.29, 0.717) is 13.2 Å². The fraction of sp³-hybridized carbons (Fsp3) is 0.588. The minimum absolute atomic E-state index is 0.158. The van der Waals surface area contributed by atoms with E-state index in [1.165, 1.54) is 5.56 Å². The third-order valence-electron chi connectivity index (χ3n) is 2.94. The Labute approximate surface area is 133 Å². The van der Waals surface area contributed by atoms with Crippen LogP contribution in [-0.2, 0) is 22.6 Å². The number of benzene rings is 1. The van der Waals surface area contributed by atoms with E-state index < -0.39 is 5.60 Å². The summed E-state index contributed by atoms with van der Waals surface area (Å²) in [5.41, 5.74) is 1.89. The Balaban J connectivity index is 2.28. The Morgan fingerprint density at radius 2 is 1.77 bits per heavy atom. The number of alkyl carbamates (subject to hydrolysis) is 1. The molecule has 1 aromatic rings. The molecule has 1 rings (SSSR count). The molecule has 0 radical (unpaired) electrons. The lowest BCUT2D eigenvalue weighted by molar-refractivity contribution is 0.0523. The summed E-state index contributed by atoms with van der Waals surface area (Å²) in [5.74, 6) is 0. The maximum atomic E-state index is 11.6. The number of ether oxygens (including phenoxy) is 2. The number of amides is 1. The summed E-state index contributed by atoms with van der Waals surface area (Å²) in [4.78, 5) is 11.6. The van der Waals surface area contributed by atoms with Gasteiger partial charge in [-0.1, -0.05) is 24.3 Å². The zero-order chi connectivity index (χ0) is 16.6. The van der Waals surface area contributed by atoms with Crippen molar-refractivity contribution in [3.05, 3.63) is 35.4 Å². The largest absolute Gasteiger partial charge is 0.444 e. The van der Waals surface area contributed by atoms with Gasteiger partial charge in [-0.2, -0.15) is 0 Å². The number of methoxy groups -OCH3 is 1. The van der Waals surface area contributed by atoms with Crippen LogP contribution in [0.5, 0.6) is 0 Å². The van der Waals surface area contributed by atoms with Crippen LogP contribution in [0, 0.1) is 0 Å². The van der Waals surface area contributed by atoms with E-state index in [1.807, 2.05) is 27.7 Å². The normalized spacial score (nSPS) is 12.8. The van der Waals surface area contributed by atoms with Crippen LogP contribution in [0.4, 0.5) is 4.79 Å². The summed E-state index contributed by atoms with van der Waals surface area (Å²) < 4.78 is 10.3. The third kappa shape index (κ3) is 8.00. The number of carbonyl (C=O) groups is 1. The quantitative estimate of drug-likeness (QED) is 0.813. The van der Waals surface area contributed by atoms with Crippen molar-refractivity contribution in [2.45, 2.75) is 52.5 Å². The molecule has 2 N–H and O–H groups in total. The highest BCUT2D eigenvalue weighted by Crippen LogP contribution is 2.07. The lowest BCUT2D eigenvalue weighted by atomic mass is 10.1. The van der Waals surface area contributed by atoms with Gasteiger partial charge in [0.05, 0.1) is 6.61 Å². The fourth-order valence-corrected chi connectivity index (χ4v) is 1.83. The lowest BCUT2D eigenvalue weighted by Crippen LogP contribution is -2.40. The molecule has 0 aliphatic heterocycles. The van der Waals surface area contributed by atoms with Crippen molar-refractivity contribution in [2.24, 2.45) is 0 Å². The molecule has 1 amide bonds. The monoisotopic (exact) mass is 308 g/mol. The van der Waals surface area contributed by atoms with Gasteiger partial charge in [0.1, 0.15) is 5.60 Å². The Hall–Kier alpha value is -1.59. The van der Waals surface area contributed by atoms with Crippen molar-refractivity contribution >= 4 is 6.09 Å². The second-order valence-electron chi connectivity index (χ2n) is 6.41. The second-order valence-corrected chi connectivity index (χ2v) is 6.41. The zero-order valence-corrected chi connectivity index (χ0v) is 14.2. The van der Waals surface area contributed by atoms with Crippen LogP contribution in [-0.4, -0.2) is 31.4 Å². The predicted molar refractivity (Wildman–Crippen MR) is 87.7 cm³/mol. The highest BCUT2D eigenvalue weighted by Gasteiger charge is 2.16. The minimum Gasteiger partial charge on any atom is -0.444 e. The number of rotatable bonds is 7. The Kier molecular flexibility index (Phi) is 7.35. The van der Waals surface area contributed by atoms with Gasteiger partial charge in [0.2, 0.25) is 0 Å². The van der Waals surface area contributed by atoms with Crippen molar-refractivity contribution in [2.75, 3.05) is 13.7 Å². The Morgan fingerprint density at radius 1 is 1.18 bits per heavy atom. The Bertz CT molecular complexity index is 452. The van der Waals surface area contributed by atoms with Crippen LogP contribution in [0.25, 0.3) is 0 Å². The number of carbonyl (C=O) groups excluding carboxylic acids is 1. The number of nitrogens with one attached hydrogen (secondary N) is 2. The summed E-state index contributed by atoms with van der Waals surface area (Å²) in [6.45, 7) is 9.48. The van der Waals surface area contributed by atoms with Crippen molar-refractivity contribution in [3.8, 4) is 0 Å². The van der Waals surface area contributed by atoms with E-state index in [-0.39, 0.29) is 12.1 Å². The van der Waals surface area contributed by atoms with Crippen molar-refractivity contribution in [1.82, 2.24) is 10.6 Å². The molecule has 0 heterocycles. The first-order chi connectivity index (χ1) is 10.3. The third-order valence-corrected chi connectivity index (χ3v) is 2.94. The minimum atomic E-state index is -0.468. The van der Waals surface area contributed by atoms with Gasteiger partial charge < -0.3 is 20.1 Å². The van der Waals surface area contributed by atoms with Gasteiger partial charge in [0.25, 0.3) is 0 Å². The van der Waals surface area contributed by atoms with Crippen LogP contribution < -0.4 is 10.6 Å². The molecule has 0 aliphatic rings. The summed E-state index contributed by atoms with van der Waals surface area (Å²) in [6, 6.07) is 8.44. The summed E-state index contributed by atoms with van der Waals surface area (Å²) in [6.07, 6.45) is -0.384. The first-order valence-corrected chi connectivity index (χ1v) is 7.57. The van der Waals surface area contributed by atoms with Gasteiger partial charge >= 0.3 is 6.09 Å². The van der Waals surface area contributed by atoms with E-state index in [0.717, 1.165) is 12.1 Å². The standard InChI is InChI=1S/C17H28N2O3/c1-13(10-19-16(20)22-17(2,3)4)18-11-14-6-8-15(9-7-14)12-21-5/h6-9,13,18H,10-12H2,1-5H3,(H,19,20). The average molecular weight is 308 g/mol. The molecule has 0 saturated heterocycles. The van der Waals surface area contributed by atoms with Crippen LogP contribution >= 0.6 is 0 Å². The molecule has 124 valence electrons. The number of hydrogen-bond acceptors (Lipinski definition) is 4. The predicted octanol–water partition coefficient (Wildman–Crippen LogP) is 2.84. The number of hydrogen-bond donors (Lipinski definition) is 2. The van der Waals surface area contributed by atoms with Gasteiger partial charge in [0, 0.05) is 26.2 Å². The molecule has 0 bridgehead atoms. The van der Waals surface area contributed by atoms with Gasteiger partial charge in [0.15, 0.2) is 0 Å². The summed E-state index contributed by atoms with van der Waals surface area (Å²) in [5, 5.41) is 6.13. The van der Waals surface area contributed by atoms with Gasteiger partial charge in [-0.15, -0.1) is 0 Å². The molecule has 0 aliphatic carbocycles. The van der Waals surface area contributed by atoms with Gasteiger partial charge in [-0.05, 0) is 38.8 Å². The summed E-state index contributed by atoms with van der Waals surface area (Å²) in [7, 11) is 1.69. The van der Waals surface area contributed by atoms with Crippen LogP contribution in [0.2, 0.25) is 0 Å². The topological polar surface area (TPSA) is 59.6 Å². The molecule has 1 unspecified atom stereocenters. The Morgan fingerprint density at radius 3 is 2.32 bits per heavy atom. The first kappa shape index (κ1) is 18.5. The van der Waals surface area contributed by atoms with Crippen LogP contribution in [0.15, 0.2) is 24.3 Å². The second kappa shape index (κ2) is 8.76. The molecule has 0 aromatic heterocycles. The lowest BCUT2D eigenvalue weighted by Gasteiger charge is -2.21. The van der Waals surface area contributed by atoms with E-state index in [4.69, 9.17) is 9.47 Å². The highest BCUT2D eigenvalue weighted by molar-refractivity contribution is 5.67. The highest BCUT2D eigenvalue weighted by atomic mass is 16.6. The molecular formula is C17H28N2O3. The first-order valence-electron chi connectivity index (χ1n) is 7.57.